The molecule has 0 aromatic heterocycles. The summed E-state index contributed by atoms with van der Waals surface area (Å²) in [6, 6.07) is 10.2. The zero-order chi connectivity index (χ0) is 32.1. The minimum Gasteiger partial charge on any atom is -0.377 e. The molecule has 1 aromatic carbocycles. The molecule has 256 valence electrons. The Labute approximate surface area is 282 Å². The third-order valence-electron chi connectivity index (χ3n) is 13.9. The van der Waals surface area contributed by atoms with Gasteiger partial charge in [-0.1, -0.05) is 61.3 Å². The predicted molar refractivity (Wildman–Crippen MR) is 184 cm³/mol. The van der Waals surface area contributed by atoms with E-state index >= 15 is 0 Å². The Hall–Kier alpha value is -1.88. The van der Waals surface area contributed by atoms with Crippen molar-refractivity contribution in [3.63, 3.8) is 0 Å². The summed E-state index contributed by atoms with van der Waals surface area (Å²) in [4.78, 5) is 2.52. The van der Waals surface area contributed by atoms with Crippen LogP contribution in [0.1, 0.15) is 121 Å². The van der Waals surface area contributed by atoms with Gasteiger partial charge < -0.3 is 29.0 Å². The zero-order valence-corrected chi connectivity index (χ0v) is 28.9. The Kier molecular flexibility index (Phi) is 9.01. The van der Waals surface area contributed by atoms with Crippen LogP contribution >= 0.6 is 0 Å². The summed E-state index contributed by atoms with van der Waals surface area (Å²) in [5.74, 6) is 8.11. The van der Waals surface area contributed by atoms with Gasteiger partial charge in [-0.05, 0) is 106 Å². The van der Waals surface area contributed by atoms with Gasteiger partial charge in [-0.15, -0.1) is 0 Å². The molecule has 4 saturated carbocycles. The highest BCUT2D eigenvalue weighted by atomic mass is 16.7. The molecule has 0 amide bonds. The van der Waals surface area contributed by atoms with Gasteiger partial charge in [0.25, 0.3) is 0 Å². The minimum absolute atomic E-state index is 0.155. The molecule has 8 rings (SSSR count). The van der Waals surface area contributed by atoms with Crippen LogP contribution in [-0.2, 0) is 18.9 Å². The molecule has 47 heavy (non-hydrogen) atoms. The largest absolute Gasteiger partial charge is 0.377 e. The fraction of sp³-hybridized carbons (Fsp3) is 0.756. The molecule has 7 unspecified atom stereocenters. The van der Waals surface area contributed by atoms with Gasteiger partial charge in [0.1, 0.15) is 12.2 Å². The monoisotopic (exact) mass is 643 g/mol. The number of fused-ring (bicyclic) bond motifs is 4. The fourth-order valence-corrected chi connectivity index (χ4v) is 11.3. The van der Waals surface area contributed by atoms with E-state index in [2.05, 4.69) is 55.0 Å². The summed E-state index contributed by atoms with van der Waals surface area (Å²) in [7, 11) is 2.29. The molecule has 2 saturated heterocycles. The van der Waals surface area contributed by atoms with Gasteiger partial charge in [0.2, 0.25) is 0 Å². The van der Waals surface area contributed by atoms with Crippen LogP contribution in [0.25, 0.3) is 0 Å². The molecule has 1 spiro atoms. The Morgan fingerprint density at radius 1 is 0.894 bits per heavy atom. The second-order valence-corrected chi connectivity index (χ2v) is 16.3. The van der Waals surface area contributed by atoms with Crippen LogP contribution in [0.2, 0.25) is 0 Å². The van der Waals surface area contributed by atoms with Crippen molar-refractivity contribution in [2.75, 3.05) is 38.4 Å². The molecule has 2 aliphatic heterocycles. The van der Waals surface area contributed by atoms with Gasteiger partial charge in [-0.2, -0.15) is 0 Å². The van der Waals surface area contributed by atoms with E-state index in [4.69, 9.17) is 18.9 Å². The van der Waals surface area contributed by atoms with Gasteiger partial charge in [0.15, 0.2) is 12.1 Å². The lowest BCUT2D eigenvalue weighted by Gasteiger charge is -2.55. The Morgan fingerprint density at radius 3 is 2.45 bits per heavy atom. The molecule has 0 bridgehead atoms. The van der Waals surface area contributed by atoms with E-state index < -0.39 is 5.60 Å². The lowest BCUT2D eigenvalue weighted by atomic mass is 9.50. The van der Waals surface area contributed by atoms with E-state index in [-0.39, 0.29) is 17.5 Å². The van der Waals surface area contributed by atoms with E-state index in [0.717, 1.165) is 77.6 Å². The van der Waals surface area contributed by atoms with Crippen LogP contribution in [0.5, 0.6) is 0 Å². The molecule has 7 atom stereocenters. The topological polar surface area (TPSA) is 60.4 Å². The lowest BCUT2D eigenvalue weighted by Crippen LogP contribution is -2.51. The van der Waals surface area contributed by atoms with Crippen LogP contribution < -0.4 is 4.90 Å². The first-order valence-electron chi connectivity index (χ1n) is 19.2. The molecule has 7 aliphatic rings. The zero-order valence-electron chi connectivity index (χ0n) is 28.9. The molecule has 2 heterocycles. The molecule has 6 nitrogen and oxygen atoms in total. The summed E-state index contributed by atoms with van der Waals surface area (Å²) in [6.45, 7) is 4.91. The average molecular weight is 644 g/mol. The maximum Gasteiger partial charge on any atom is 0.169 e. The first kappa shape index (κ1) is 32.3. The smallest absolute Gasteiger partial charge is 0.169 e. The van der Waals surface area contributed by atoms with Crippen molar-refractivity contribution in [2.45, 2.75) is 139 Å². The highest BCUT2D eigenvalue weighted by molar-refractivity contribution is 5.51. The second-order valence-electron chi connectivity index (χ2n) is 16.3. The highest BCUT2D eigenvalue weighted by Crippen LogP contribution is 2.67. The van der Waals surface area contributed by atoms with Gasteiger partial charge in [0.05, 0.1) is 13.2 Å². The number of anilines is 1. The lowest BCUT2D eigenvalue weighted by molar-refractivity contribution is -0.181. The van der Waals surface area contributed by atoms with E-state index in [0.29, 0.717) is 36.3 Å². The number of aliphatic hydroxyl groups is 1. The third kappa shape index (κ3) is 5.91. The van der Waals surface area contributed by atoms with E-state index in [1.807, 2.05) is 0 Å². The number of rotatable bonds is 5. The number of benzene rings is 1. The Balaban J connectivity index is 1.10. The summed E-state index contributed by atoms with van der Waals surface area (Å²) >= 11 is 0. The van der Waals surface area contributed by atoms with Crippen LogP contribution in [0.3, 0.4) is 0 Å². The molecule has 1 N–H and O–H groups in total. The number of hydrogen-bond acceptors (Lipinski definition) is 6. The van der Waals surface area contributed by atoms with Gasteiger partial charge in [0, 0.05) is 49.6 Å². The van der Waals surface area contributed by atoms with Crippen LogP contribution in [0, 0.1) is 35.0 Å². The summed E-state index contributed by atoms with van der Waals surface area (Å²) in [6.07, 6.45) is 17.8. The van der Waals surface area contributed by atoms with Gasteiger partial charge >= 0.3 is 0 Å². The minimum atomic E-state index is -1.01. The highest BCUT2D eigenvalue weighted by Gasteiger charge is 2.63. The van der Waals surface area contributed by atoms with E-state index in [1.165, 1.54) is 56.2 Å². The first-order chi connectivity index (χ1) is 22.9. The molecular weight excluding hydrogens is 586 g/mol. The van der Waals surface area contributed by atoms with Crippen molar-refractivity contribution in [1.82, 2.24) is 0 Å². The maximum absolute atomic E-state index is 12.5. The average Bonchev–Trinajstić information content (AvgIpc) is 3.67. The van der Waals surface area contributed by atoms with Crippen molar-refractivity contribution < 1.29 is 24.1 Å². The SMILES string of the molecule is CN(c1ccc(C2CC3(C)C(CCC3(O)C#CCOC3CCCCO3)C3CCC4CC5(CCC4=C23)OCCO5)cc1)C1CCCCC1. The third-order valence-corrected chi connectivity index (χ3v) is 13.9. The Morgan fingerprint density at radius 2 is 1.68 bits per heavy atom. The fourth-order valence-electron chi connectivity index (χ4n) is 11.3. The first-order valence-corrected chi connectivity index (χ1v) is 19.2. The van der Waals surface area contributed by atoms with Crippen molar-refractivity contribution in [3.8, 4) is 11.8 Å². The van der Waals surface area contributed by atoms with E-state index in [9.17, 15) is 5.11 Å². The summed E-state index contributed by atoms with van der Waals surface area (Å²) in [5, 5.41) is 12.5. The molecule has 6 heteroatoms. The van der Waals surface area contributed by atoms with Crippen molar-refractivity contribution in [2.24, 2.45) is 23.2 Å². The van der Waals surface area contributed by atoms with Crippen LogP contribution in [0.15, 0.2) is 35.4 Å². The van der Waals surface area contributed by atoms with Crippen molar-refractivity contribution in [3.05, 3.63) is 41.0 Å². The normalized spacial score (nSPS) is 38.3. The standard InChI is InChI=1S/C41H57NO5/c1-39-28-35(29-12-15-32(16-13-29)42(2)31-9-4-3-5-10-31)38-33-18-22-41(46-25-26-47-41)27-30(33)14-17-34(38)36(39)19-21-40(39,43)20-8-24-45-37-11-6-7-23-44-37/h12-13,15-16,30-31,34-37,43H,3-7,9-11,14,17-19,21-28H2,1-2H3. The molecule has 5 aliphatic carbocycles. The van der Waals surface area contributed by atoms with E-state index in [1.54, 1.807) is 11.1 Å². The van der Waals surface area contributed by atoms with Gasteiger partial charge in [-0.25, -0.2) is 0 Å². The molecular formula is C41H57NO5. The van der Waals surface area contributed by atoms with Crippen LogP contribution in [0.4, 0.5) is 5.69 Å². The number of allylic oxidation sites excluding steroid dienone is 2. The van der Waals surface area contributed by atoms with Crippen molar-refractivity contribution >= 4 is 5.69 Å². The molecule has 6 fully saturated rings. The van der Waals surface area contributed by atoms with Crippen LogP contribution in [-0.4, -0.2) is 62.3 Å². The van der Waals surface area contributed by atoms with Crippen molar-refractivity contribution in [1.29, 1.82) is 0 Å². The Bertz CT molecular complexity index is 1360. The maximum atomic E-state index is 12.5. The molecule has 0 radical (unpaired) electrons. The molecule has 1 aromatic rings. The number of nitrogens with zero attached hydrogens (tertiary/aromatic N) is 1. The number of ether oxygens (including phenoxy) is 4. The summed E-state index contributed by atoms with van der Waals surface area (Å²) < 4.78 is 24.2. The number of hydrogen-bond donors (Lipinski definition) is 1. The predicted octanol–water partition coefficient (Wildman–Crippen LogP) is 7.89. The van der Waals surface area contributed by atoms with Gasteiger partial charge in [-0.3, -0.25) is 0 Å². The second kappa shape index (κ2) is 13.1. The quantitative estimate of drug-likeness (QED) is 0.260. The summed E-state index contributed by atoms with van der Waals surface area (Å²) in [5.41, 5.74) is 4.86.